The van der Waals surface area contributed by atoms with E-state index in [4.69, 9.17) is 0 Å². The molecule has 7 nitrogen and oxygen atoms in total. The fraction of sp³-hybridized carbons (Fsp3) is 0.0588. The van der Waals surface area contributed by atoms with E-state index in [1.807, 2.05) is 25.1 Å². The predicted molar refractivity (Wildman–Crippen MR) is 97.1 cm³/mol. The SMILES string of the molecule is Cc1ccc(NC(=O)c2ccn(-c3ccc([N+](=O)[O-])cc3)n2)cc1Br. The predicted octanol–water partition coefficient (Wildman–Crippen LogP) is 4.10. The first-order chi connectivity index (χ1) is 11.9. The first kappa shape index (κ1) is 16.8. The van der Waals surface area contributed by atoms with Gasteiger partial charge in [-0.25, -0.2) is 4.68 Å². The van der Waals surface area contributed by atoms with Crippen molar-refractivity contribution in [2.24, 2.45) is 0 Å². The summed E-state index contributed by atoms with van der Waals surface area (Å²) >= 11 is 3.42. The number of amides is 1. The fourth-order valence-electron chi connectivity index (χ4n) is 2.18. The van der Waals surface area contributed by atoms with Crippen molar-refractivity contribution < 1.29 is 9.72 Å². The molecule has 0 bridgehead atoms. The van der Waals surface area contributed by atoms with Crippen LogP contribution in [0.5, 0.6) is 0 Å². The summed E-state index contributed by atoms with van der Waals surface area (Å²) in [4.78, 5) is 22.5. The summed E-state index contributed by atoms with van der Waals surface area (Å²) in [5.41, 5.74) is 2.60. The number of nitro groups is 1. The monoisotopic (exact) mass is 400 g/mol. The molecule has 8 heteroatoms. The molecule has 126 valence electrons. The van der Waals surface area contributed by atoms with Crippen LogP contribution < -0.4 is 5.32 Å². The summed E-state index contributed by atoms with van der Waals surface area (Å²) in [5, 5.41) is 17.7. The first-order valence-electron chi connectivity index (χ1n) is 7.32. The van der Waals surface area contributed by atoms with E-state index in [1.165, 1.54) is 16.8 Å². The molecular formula is C17H13BrN4O3. The van der Waals surface area contributed by atoms with E-state index in [9.17, 15) is 14.9 Å². The van der Waals surface area contributed by atoms with Crippen molar-refractivity contribution in [2.75, 3.05) is 5.32 Å². The van der Waals surface area contributed by atoms with Gasteiger partial charge in [-0.2, -0.15) is 5.10 Å². The molecular weight excluding hydrogens is 388 g/mol. The summed E-state index contributed by atoms with van der Waals surface area (Å²) in [7, 11) is 0. The van der Waals surface area contributed by atoms with Crippen molar-refractivity contribution in [3.63, 3.8) is 0 Å². The molecule has 0 atom stereocenters. The van der Waals surface area contributed by atoms with Gasteiger partial charge in [0, 0.05) is 28.5 Å². The van der Waals surface area contributed by atoms with Gasteiger partial charge in [0.25, 0.3) is 11.6 Å². The van der Waals surface area contributed by atoms with Gasteiger partial charge in [0.1, 0.15) is 0 Å². The van der Waals surface area contributed by atoms with Crippen LogP contribution in [0.1, 0.15) is 16.1 Å². The van der Waals surface area contributed by atoms with Crippen LogP contribution in [0.4, 0.5) is 11.4 Å². The van der Waals surface area contributed by atoms with Gasteiger partial charge in [-0.05, 0) is 42.8 Å². The minimum atomic E-state index is -0.467. The van der Waals surface area contributed by atoms with Gasteiger partial charge >= 0.3 is 0 Å². The number of hydrogen-bond donors (Lipinski definition) is 1. The van der Waals surface area contributed by atoms with Crippen LogP contribution >= 0.6 is 15.9 Å². The highest BCUT2D eigenvalue weighted by molar-refractivity contribution is 9.10. The van der Waals surface area contributed by atoms with Gasteiger partial charge < -0.3 is 5.32 Å². The Balaban J connectivity index is 1.77. The molecule has 0 radical (unpaired) electrons. The van der Waals surface area contributed by atoms with Crippen molar-refractivity contribution in [1.29, 1.82) is 0 Å². The molecule has 1 amide bonds. The third-order valence-electron chi connectivity index (χ3n) is 3.58. The van der Waals surface area contributed by atoms with E-state index < -0.39 is 4.92 Å². The molecule has 1 heterocycles. The van der Waals surface area contributed by atoms with Crippen LogP contribution in [0.2, 0.25) is 0 Å². The Morgan fingerprint density at radius 2 is 1.92 bits per heavy atom. The van der Waals surface area contributed by atoms with E-state index >= 15 is 0 Å². The second kappa shape index (κ2) is 6.86. The minimum Gasteiger partial charge on any atom is -0.321 e. The van der Waals surface area contributed by atoms with Crippen molar-refractivity contribution in [3.8, 4) is 5.69 Å². The van der Waals surface area contributed by atoms with E-state index in [2.05, 4.69) is 26.3 Å². The second-order valence-electron chi connectivity index (χ2n) is 5.34. The minimum absolute atomic E-state index is 0.00109. The van der Waals surface area contributed by atoms with Crippen LogP contribution in [0, 0.1) is 17.0 Å². The molecule has 0 fully saturated rings. The number of nitro benzene ring substituents is 1. The zero-order chi connectivity index (χ0) is 18.0. The lowest BCUT2D eigenvalue weighted by Crippen LogP contribution is -2.13. The zero-order valence-electron chi connectivity index (χ0n) is 13.1. The summed E-state index contributed by atoms with van der Waals surface area (Å²) < 4.78 is 2.39. The largest absolute Gasteiger partial charge is 0.321 e. The Hall–Kier alpha value is -3.00. The molecule has 0 saturated carbocycles. The Labute approximate surface area is 151 Å². The van der Waals surface area contributed by atoms with E-state index in [-0.39, 0.29) is 17.3 Å². The fourth-order valence-corrected chi connectivity index (χ4v) is 2.56. The highest BCUT2D eigenvalue weighted by Crippen LogP contribution is 2.21. The molecule has 0 saturated heterocycles. The van der Waals surface area contributed by atoms with E-state index in [0.29, 0.717) is 11.4 Å². The number of anilines is 1. The Kier molecular flexibility index (Phi) is 4.62. The molecule has 3 rings (SSSR count). The molecule has 0 aliphatic carbocycles. The van der Waals surface area contributed by atoms with Gasteiger partial charge in [0.05, 0.1) is 10.6 Å². The number of hydrogen-bond acceptors (Lipinski definition) is 4. The average molecular weight is 401 g/mol. The van der Waals surface area contributed by atoms with Crippen LogP contribution in [0.25, 0.3) is 5.69 Å². The number of aromatic nitrogens is 2. The van der Waals surface area contributed by atoms with Crippen molar-refractivity contribution in [3.05, 3.63) is 80.6 Å². The number of nitrogens with one attached hydrogen (secondary N) is 1. The number of aryl methyl sites for hydroxylation is 1. The van der Waals surface area contributed by atoms with Crippen LogP contribution in [0.3, 0.4) is 0 Å². The quantitative estimate of drug-likeness (QED) is 0.527. The molecule has 1 aromatic heterocycles. The molecule has 25 heavy (non-hydrogen) atoms. The lowest BCUT2D eigenvalue weighted by molar-refractivity contribution is -0.384. The number of non-ortho nitro benzene ring substituents is 1. The van der Waals surface area contributed by atoms with Crippen molar-refractivity contribution in [2.45, 2.75) is 6.92 Å². The maximum Gasteiger partial charge on any atom is 0.276 e. The normalized spacial score (nSPS) is 10.5. The standard InChI is InChI=1S/C17H13BrN4O3/c1-11-2-3-12(10-15(11)18)19-17(23)16-8-9-21(20-16)13-4-6-14(7-5-13)22(24)25/h2-10H,1H3,(H,19,23). The highest BCUT2D eigenvalue weighted by Gasteiger charge is 2.12. The van der Waals surface area contributed by atoms with E-state index in [1.54, 1.807) is 24.4 Å². The number of halogens is 1. The summed E-state index contributed by atoms with van der Waals surface area (Å²) in [5.74, 6) is -0.337. The van der Waals surface area contributed by atoms with Gasteiger partial charge in [-0.1, -0.05) is 22.0 Å². The molecule has 0 unspecified atom stereocenters. The summed E-state index contributed by atoms with van der Waals surface area (Å²) in [6, 6.07) is 13.0. The second-order valence-corrected chi connectivity index (χ2v) is 6.19. The van der Waals surface area contributed by atoms with Gasteiger partial charge in [0.2, 0.25) is 0 Å². The number of benzene rings is 2. The molecule has 3 aromatic rings. The van der Waals surface area contributed by atoms with Crippen LogP contribution in [0.15, 0.2) is 59.2 Å². The van der Waals surface area contributed by atoms with E-state index in [0.717, 1.165) is 10.0 Å². The topological polar surface area (TPSA) is 90.1 Å². The lowest BCUT2D eigenvalue weighted by atomic mass is 10.2. The Bertz CT molecular complexity index is 951. The number of rotatable bonds is 4. The number of nitrogens with zero attached hydrogens (tertiary/aromatic N) is 3. The lowest BCUT2D eigenvalue weighted by Gasteiger charge is -2.05. The highest BCUT2D eigenvalue weighted by atomic mass is 79.9. The Morgan fingerprint density at radius 1 is 1.20 bits per heavy atom. The van der Waals surface area contributed by atoms with Gasteiger partial charge in [-0.15, -0.1) is 0 Å². The van der Waals surface area contributed by atoms with Gasteiger partial charge in [0.15, 0.2) is 5.69 Å². The molecule has 0 spiro atoms. The van der Waals surface area contributed by atoms with Gasteiger partial charge in [-0.3, -0.25) is 14.9 Å². The molecule has 2 aromatic carbocycles. The van der Waals surface area contributed by atoms with Crippen molar-refractivity contribution in [1.82, 2.24) is 9.78 Å². The molecule has 0 aliphatic rings. The van der Waals surface area contributed by atoms with Crippen LogP contribution in [-0.2, 0) is 0 Å². The third kappa shape index (κ3) is 3.74. The maximum atomic E-state index is 12.3. The molecule has 1 N–H and O–H groups in total. The summed E-state index contributed by atoms with van der Waals surface area (Å²) in [6.07, 6.45) is 1.63. The zero-order valence-corrected chi connectivity index (χ0v) is 14.7. The number of carbonyl (C=O) groups is 1. The maximum absolute atomic E-state index is 12.3. The van der Waals surface area contributed by atoms with Crippen LogP contribution in [-0.4, -0.2) is 20.6 Å². The third-order valence-corrected chi connectivity index (χ3v) is 4.43. The number of carbonyl (C=O) groups excluding carboxylic acids is 1. The average Bonchev–Trinajstić information content (AvgIpc) is 3.08. The summed E-state index contributed by atoms with van der Waals surface area (Å²) in [6.45, 7) is 1.96. The molecule has 0 aliphatic heterocycles. The smallest absolute Gasteiger partial charge is 0.276 e. The van der Waals surface area contributed by atoms with Crippen molar-refractivity contribution >= 4 is 33.2 Å². The Morgan fingerprint density at radius 3 is 2.56 bits per heavy atom. The first-order valence-corrected chi connectivity index (χ1v) is 8.11.